The number of nitrogens with one attached hydrogen (secondary N) is 1. The zero-order valence-corrected chi connectivity index (χ0v) is 9.98. The average molecular weight is 187 g/mol. The molecule has 2 nitrogen and oxygen atoms in total. The van der Waals surface area contributed by atoms with Crippen LogP contribution in [0.3, 0.4) is 0 Å². The molecule has 0 aromatic carbocycles. The van der Waals surface area contributed by atoms with E-state index in [9.17, 15) is 4.79 Å². The van der Waals surface area contributed by atoms with Gasteiger partial charge in [-0.05, 0) is 5.92 Å². The van der Waals surface area contributed by atoms with E-state index in [1.807, 2.05) is 27.7 Å². The summed E-state index contributed by atoms with van der Waals surface area (Å²) < 4.78 is 0. The predicted molar refractivity (Wildman–Crippen MR) is 58.7 cm³/mol. The van der Waals surface area contributed by atoms with E-state index in [0.717, 1.165) is 13.0 Å². The molecular formula is C11H25NO. The molecule has 0 aliphatic rings. The minimum absolute atomic E-state index is 0.110. The summed E-state index contributed by atoms with van der Waals surface area (Å²) in [5.74, 6) is 0.863. The number of carbonyl (C=O) groups excluding carboxylic acids is 1. The first kappa shape index (κ1) is 15.0. The lowest BCUT2D eigenvalue weighted by atomic mass is 10.1. The first-order valence-corrected chi connectivity index (χ1v) is 5.35. The van der Waals surface area contributed by atoms with Crippen molar-refractivity contribution in [1.82, 2.24) is 5.32 Å². The minimum Gasteiger partial charge on any atom is -0.356 e. The summed E-state index contributed by atoms with van der Waals surface area (Å²) in [6.07, 6.45) is 1.12. The van der Waals surface area contributed by atoms with E-state index >= 15 is 0 Å². The second-order valence-corrected chi connectivity index (χ2v) is 3.41. The smallest absolute Gasteiger partial charge is 0.222 e. The van der Waals surface area contributed by atoms with Crippen molar-refractivity contribution in [3.8, 4) is 0 Å². The van der Waals surface area contributed by atoms with Crippen molar-refractivity contribution in [2.75, 3.05) is 6.54 Å². The standard InChI is InChI=1S/C9H19NO.C2H6/c1-5-8(4)6-10-9(11)7(2)3;1-2/h7-8H,5-6H2,1-4H3,(H,10,11);1-2H3. The molecule has 1 amide bonds. The third kappa shape index (κ3) is 9.38. The van der Waals surface area contributed by atoms with Crippen molar-refractivity contribution >= 4 is 5.91 Å². The molecule has 0 aromatic heterocycles. The van der Waals surface area contributed by atoms with Gasteiger partial charge in [0, 0.05) is 12.5 Å². The molecule has 0 spiro atoms. The minimum atomic E-state index is 0.110. The van der Waals surface area contributed by atoms with E-state index in [0.29, 0.717) is 5.92 Å². The zero-order valence-electron chi connectivity index (χ0n) is 9.98. The van der Waals surface area contributed by atoms with Crippen LogP contribution in [0.5, 0.6) is 0 Å². The maximum Gasteiger partial charge on any atom is 0.222 e. The summed E-state index contributed by atoms with van der Waals surface area (Å²) >= 11 is 0. The van der Waals surface area contributed by atoms with Gasteiger partial charge in [-0.2, -0.15) is 0 Å². The fourth-order valence-electron chi connectivity index (χ4n) is 0.623. The largest absolute Gasteiger partial charge is 0.356 e. The molecule has 80 valence electrons. The van der Waals surface area contributed by atoms with Gasteiger partial charge >= 0.3 is 0 Å². The van der Waals surface area contributed by atoms with Gasteiger partial charge in [0.25, 0.3) is 0 Å². The van der Waals surface area contributed by atoms with Crippen LogP contribution in [0.1, 0.15) is 48.0 Å². The molecule has 0 heterocycles. The van der Waals surface area contributed by atoms with Gasteiger partial charge in [0.05, 0.1) is 0 Å². The van der Waals surface area contributed by atoms with Crippen LogP contribution in [0.2, 0.25) is 0 Å². The lowest BCUT2D eigenvalue weighted by Gasteiger charge is -2.11. The summed E-state index contributed by atoms with van der Waals surface area (Å²) in [5, 5.41) is 2.89. The lowest BCUT2D eigenvalue weighted by Crippen LogP contribution is -2.31. The molecule has 1 unspecified atom stereocenters. The molecule has 1 N–H and O–H groups in total. The second-order valence-electron chi connectivity index (χ2n) is 3.41. The van der Waals surface area contributed by atoms with E-state index in [2.05, 4.69) is 19.2 Å². The highest BCUT2D eigenvalue weighted by Crippen LogP contribution is 1.98. The van der Waals surface area contributed by atoms with Crippen LogP contribution in [0.15, 0.2) is 0 Å². The van der Waals surface area contributed by atoms with Gasteiger partial charge < -0.3 is 5.32 Å². The van der Waals surface area contributed by atoms with Crippen LogP contribution in [0.4, 0.5) is 0 Å². The van der Waals surface area contributed by atoms with Gasteiger partial charge in [-0.25, -0.2) is 0 Å². The van der Waals surface area contributed by atoms with Crippen LogP contribution in [-0.2, 0) is 4.79 Å². The summed E-state index contributed by atoms with van der Waals surface area (Å²) in [5.41, 5.74) is 0. The Hall–Kier alpha value is -0.530. The fraction of sp³-hybridized carbons (Fsp3) is 0.909. The summed E-state index contributed by atoms with van der Waals surface area (Å²) in [7, 11) is 0. The summed E-state index contributed by atoms with van der Waals surface area (Å²) in [6.45, 7) is 12.9. The molecule has 13 heavy (non-hydrogen) atoms. The highest BCUT2D eigenvalue weighted by molar-refractivity contribution is 5.77. The van der Waals surface area contributed by atoms with Crippen molar-refractivity contribution in [3.05, 3.63) is 0 Å². The predicted octanol–water partition coefficient (Wildman–Crippen LogP) is 2.83. The van der Waals surface area contributed by atoms with Gasteiger partial charge in [0.2, 0.25) is 5.91 Å². The summed E-state index contributed by atoms with van der Waals surface area (Å²) in [6, 6.07) is 0. The molecule has 0 radical (unpaired) electrons. The number of hydrogen-bond donors (Lipinski definition) is 1. The molecule has 0 saturated heterocycles. The molecule has 0 rings (SSSR count). The fourth-order valence-corrected chi connectivity index (χ4v) is 0.623. The topological polar surface area (TPSA) is 29.1 Å². The molecule has 0 aliphatic heterocycles. The number of rotatable bonds is 4. The number of carbonyl (C=O) groups is 1. The Morgan fingerprint density at radius 2 is 1.69 bits per heavy atom. The highest BCUT2D eigenvalue weighted by atomic mass is 16.1. The van der Waals surface area contributed by atoms with Crippen molar-refractivity contribution in [2.24, 2.45) is 11.8 Å². The zero-order chi connectivity index (χ0) is 10.9. The van der Waals surface area contributed by atoms with Crippen LogP contribution >= 0.6 is 0 Å². The monoisotopic (exact) mass is 187 g/mol. The average Bonchev–Trinajstić information content (AvgIpc) is 2.16. The Morgan fingerprint density at radius 1 is 1.23 bits per heavy atom. The third-order valence-corrected chi connectivity index (χ3v) is 1.85. The normalized spacial score (nSPS) is 11.6. The molecule has 0 aliphatic carbocycles. The van der Waals surface area contributed by atoms with Crippen LogP contribution in [0, 0.1) is 11.8 Å². The van der Waals surface area contributed by atoms with Crippen molar-refractivity contribution < 1.29 is 4.79 Å². The van der Waals surface area contributed by atoms with Gasteiger partial charge in [-0.3, -0.25) is 4.79 Å². The molecular weight excluding hydrogens is 162 g/mol. The lowest BCUT2D eigenvalue weighted by molar-refractivity contribution is -0.124. The number of amides is 1. The van der Waals surface area contributed by atoms with Crippen molar-refractivity contribution in [1.29, 1.82) is 0 Å². The van der Waals surface area contributed by atoms with E-state index < -0.39 is 0 Å². The molecule has 0 fully saturated rings. The molecule has 0 saturated carbocycles. The number of hydrogen-bond acceptors (Lipinski definition) is 1. The Kier molecular flexibility index (Phi) is 11.0. The van der Waals surface area contributed by atoms with E-state index in [1.54, 1.807) is 0 Å². The van der Waals surface area contributed by atoms with E-state index in [4.69, 9.17) is 0 Å². The molecule has 1 atom stereocenters. The van der Waals surface area contributed by atoms with Crippen LogP contribution in [0.25, 0.3) is 0 Å². The third-order valence-electron chi connectivity index (χ3n) is 1.85. The van der Waals surface area contributed by atoms with Crippen molar-refractivity contribution in [3.63, 3.8) is 0 Å². The van der Waals surface area contributed by atoms with Crippen molar-refractivity contribution in [2.45, 2.75) is 48.0 Å². The Bertz CT molecular complexity index is 121. The Morgan fingerprint density at radius 3 is 2.00 bits per heavy atom. The highest BCUT2D eigenvalue weighted by Gasteiger charge is 2.06. The summed E-state index contributed by atoms with van der Waals surface area (Å²) in [4.78, 5) is 11.1. The van der Waals surface area contributed by atoms with Gasteiger partial charge in [0.1, 0.15) is 0 Å². The molecule has 0 aromatic rings. The molecule has 0 bridgehead atoms. The van der Waals surface area contributed by atoms with Crippen LogP contribution < -0.4 is 5.32 Å². The van der Waals surface area contributed by atoms with Gasteiger partial charge in [-0.15, -0.1) is 0 Å². The first-order chi connectivity index (χ1) is 6.07. The SMILES string of the molecule is CC.CCC(C)CNC(=O)C(C)C. The van der Waals surface area contributed by atoms with E-state index in [1.165, 1.54) is 0 Å². The molecule has 2 heteroatoms. The Balaban J connectivity index is 0. The second kappa shape index (κ2) is 9.56. The quantitative estimate of drug-likeness (QED) is 0.720. The van der Waals surface area contributed by atoms with Gasteiger partial charge in [-0.1, -0.05) is 48.0 Å². The van der Waals surface area contributed by atoms with Gasteiger partial charge in [0.15, 0.2) is 0 Å². The maximum absolute atomic E-state index is 11.1. The van der Waals surface area contributed by atoms with E-state index in [-0.39, 0.29) is 11.8 Å². The Labute approximate surface area is 83.1 Å². The van der Waals surface area contributed by atoms with Crippen LogP contribution in [-0.4, -0.2) is 12.5 Å². The maximum atomic E-state index is 11.1. The first-order valence-electron chi connectivity index (χ1n) is 5.35.